The third-order valence-electron chi connectivity index (χ3n) is 2.84. The zero-order valence-corrected chi connectivity index (χ0v) is 14.0. The third kappa shape index (κ3) is 4.49. The van der Waals surface area contributed by atoms with E-state index in [0.29, 0.717) is 0 Å². The van der Waals surface area contributed by atoms with Crippen molar-refractivity contribution >= 4 is 10.1 Å². The molecule has 0 aromatic heterocycles. The van der Waals surface area contributed by atoms with Crippen LogP contribution in [0.2, 0.25) is 0 Å². The Labute approximate surface area is 122 Å². The van der Waals surface area contributed by atoms with Crippen LogP contribution in [-0.2, 0) is 18.3 Å². The number of para-hydroxylation sites is 1. The number of carboxylic acids is 1. The molecule has 0 spiro atoms. The molecule has 94 valence electrons. The average molecular weight is 308 g/mol. The quantitative estimate of drug-likeness (QED) is 0.806. The molecule has 0 amide bonds. The maximum absolute atomic E-state index is 10.2. The number of phenols is 1. The zero-order chi connectivity index (χ0) is 14.4. The van der Waals surface area contributed by atoms with Gasteiger partial charge >= 0.3 is 65.6 Å². The van der Waals surface area contributed by atoms with Gasteiger partial charge in [0, 0.05) is 5.56 Å². The van der Waals surface area contributed by atoms with Crippen LogP contribution in [0.5, 0.6) is 5.75 Å². The first-order valence-electron chi connectivity index (χ1n) is 5.81. The second kappa shape index (κ2) is 7.05. The predicted octanol–water partition coefficient (Wildman–Crippen LogP) is 1.23. The maximum atomic E-state index is 10.2. The Morgan fingerprint density at radius 1 is 1.11 bits per heavy atom. The van der Waals surface area contributed by atoms with Crippen LogP contribution in [0.1, 0.15) is 21.5 Å². The standard InChI is InChI=1S/C8H9.C7H6O3.Zn/c1-7-5-3-4-6-8(7)2;8-6-4-2-1-3-5(6)7(9)10;/h3-5H,1-2H3;1-4,8H,(H,9,10);/q;;+1/p-1. The number of carboxylic acid groups (broad SMARTS) is 1. The summed E-state index contributed by atoms with van der Waals surface area (Å²) >= 11 is 1.27. The topological polar surface area (TPSA) is 60.4 Å². The van der Waals surface area contributed by atoms with Gasteiger partial charge in [0.15, 0.2) is 0 Å². The zero-order valence-electron chi connectivity index (χ0n) is 11.0. The van der Waals surface area contributed by atoms with Crippen LogP contribution in [-0.4, -0.2) is 11.1 Å². The molecule has 2 rings (SSSR count). The molecule has 0 heterocycles. The second-order valence-electron chi connectivity index (χ2n) is 4.16. The predicted molar refractivity (Wildman–Crippen MR) is 68.0 cm³/mol. The Hall–Kier alpha value is -1.67. The van der Waals surface area contributed by atoms with Gasteiger partial charge in [-0.15, -0.1) is 0 Å². The molecule has 0 bridgehead atoms. The van der Waals surface area contributed by atoms with Gasteiger partial charge in [-0.3, -0.25) is 0 Å². The van der Waals surface area contributed by atoms with E-state index in [1.54, 1.807) is 6.07 Å². The van der Waals surface area contributed by atoms with E-state index in [9.17, 15) is 9.90 Å². The van der Waals surface area contributed by atoms with Crippen molar-refractivity contribution in [3.63, 3.8) is 0 Å². The van der Waals surface area contributed by atoms with Crippen LogP contribution in [0.15, 0.2) is 42.5 Å². The normalized spacial score (nSPS) is 9.47. The molecule has 0 atom stereocenters. The first-order valence-corrected chi connectivity index (χ1v) is 7.29. The fourth-order valence-electron chi connectivity index (χ4n) is 1.46. The van der Waals surface area contributed by atoms with Crippen molar-refractivity contribution in [2.24, 2.45) is 0 Å². The molecular formula is C15H14O3Zn. The van der Waals surface area contributed by atoms with Crippen LogP contribution < -0.4 is 9.26 Å². The Kier molecular flexibility index (Phi) is 5.71. The Morgan fingerprint density at radius 3 is 2.16 bits per heavy atom. The molecule has 0 aliphatic carbocycles. The average Bonchev–Trinajstić information content (AvgIpc) is 2.37. The van der Waals surface area contributed by atoms with E-state index in [-0.39, 0.29) is 11.3 Å². The van der Waals surface area contributed by atoms with Crippen molar-refractivity contribution < 1.29 is 33.3 Å². The molecule has 0 aliphatic heterocycles. The molecule has 4 heteroatoms. The molecule has 2 aromatic rings. The molecule has 0 fully saturated rings. The molecule has 0 radical (unpaired) electrons. The van der Waals surface area contributed by atoms with Crippen molar-refractivity contribution in [2.75, 3.05) is 0 Å². The van der Waals surface area contributed by atoms with E-state index < -0.39 is 5.97 Å². The minimum atomic E-state index is -1.36. The van der Waals surface area contributed by atoms with Crippen LogP contribution in [0.3, 0.4) is 0 Å². The van der Waals surface area contributed by atoms with Gasteiger partial charge in [-0.25, -0.2) is 0 Å². The smallest absolute Gasteiger partial charge is 0.124 e. The molecule has 3 nitrogen and oxygen atoms in total. The molecule has 0 saturated carbocycles. The van der Waals surface area contributed by atoms with Crippen LogP contribution in [0.4, 0.5) is 0 Å². The van der Waals surface area contributed by atoms with Gasteiger partial charge in [-0.1, -0.05) is 12.1 Å². The summed E-state index contributed by atoms with van der Waals surface area (Å²) in [5.74, 6) is -1.62. The fourth-order valence-corrected chi connectivity index (χ4v) is 2.33. The number of hydrogen-bond donors (Lipinski definition) is 1. The minimum Gasteiger partial charge on any atom is -0.545 e. The van der Waals surface area contributed by atoms with E-state index in [0.717, 1.165) is 0 Å². The van der Waals surface area contributed by atoms with Crippen molar-refractivity contribution in [3.05, 3.63) is 59.2 Å². The van der Waals surface area contributed by atoms with Gasteiger partial charge in [0.2, 0.25) is 0 Å². The van der Waals surface area contributed by atoms with Crippen molar-refractivity contribution in [1.82, 2.24) is 0 Å². The fraction of sp³-hybridized carbons (Fsp3) is 0.133. The summed E-state index contributed by atoms with van der Waals surface area (Å²) in [4.78, 5) is 10.2. The van der Waals surface area contributed by atoms with E-state index in [1.165, 1.54) is 51.8 Å². The first kappa shape index (κ1) is 15.4. The van der Waals surface area contributed by atoms with Crippen molar-refractivity contribution in [1.29, 1.82) is 0 Å². The molecule has 0 saturated heterocycles. The molecule has 19 heavy (non-hydrogen) atoms. The minimum absolute atomic E-state index is 0.178. The molecular weight excluding hydrogens is 294 g/mol. The van der Waals surface area contributed by atoms with Crippen LogP contribution >= 0.6 is 0 Å². The monoisotopic (exact) mass is 306 g/mol. The van der Waals surface area contributed by atoms with Gasteiger partial charge in [0.25, 0.3) is 0 Å². The Balaban J connectivity index is 0.000000191. The van der Waals surface area contributed by atoms with Crippen LogP contribution in [0.25, 0.3) is 0 Å². The number of aromatic hydroxyl groups is 1. The summed E-state index contributed by atoms with van der Waals surface area (Å²) in [6, 6.07) is 12.1. The molecule has 2 aromatic carbocycles. The molecule has 0 aliphatic rings. The number of hydrogen-bond acceptors (Lipinski definition) is 3. The van der Waals surface area contributed by atoms with Gasteiger partial charge in [-0.2, -0.15) is 0 Å². The maximum Gasteiger partial charge on any atom is 0.124 e. The van der Waals surface area contributed by atoms with E-state index in [1.807, 2.05) is 0 Å². The SMILES string of the molecule is Cc1ccc[c]([Zn+])c1C.O=C([O-])c1ccccc1O. The largest absolute Gasteiger partial charge is 0.545 e. The first-order chi connectivity index (χ1) is 8.93. The van der Waals surface area contributed by atoms with Crippen molar-refractivity contribution in [3.8, 4) is 5.75 Å². The second-order valence-corrected chi connectivity index (χ2v) is 5.76. The van der Waals surface area contributed by atoms with E-state index >= 15 is 0 Å². The van der Waals surface area contributed by atoms with Crippen LogP contribution in [0, 0.1) is 13.8 Å². The van der Waals surface area contributed by atoms with Gasteiger partial charge in [0.05, 0.1) is 5.97 Å². The van der Waals surface area contributed by atoms with Gasteiger partial charge < -0.3 is 15.0 Å². The molecule has 1 N–H and O–H groups in total. The van der Waals surface area contributed by atoms with Gasteiger partial charge in [0.1, 0.15) is 5.75 Å². The van der Waals surface area contributed by atoms with Gasteiger partial charge in [-0.05, 0) is 12.1 Å². The summed E-state index contributed by atoms with van der Waals surface area (Å²) in [7, 11) is 0. The number of aromatic carboxylic acids is 1. The van der Waals surface area contributed by atoms with E-state index in [2.05, 4.69) is 32.0 Å². The number of benzene rings is 2. The van der Waals surface area contributed by atoms with E-state index in [4.69, 9.17) is 5.11 Å². The summed E-state index contributed by atoms with van der Waals surface area (Å²) in [5.41, 5.74) is 2.71. The number of rotatable bonds is 1. The number of carbonyl (C=O) groups is 1. The summed E-state index contributed by atoms with van der Waals surface area (Å²) in [5, 5.41) is 19.0. The van der Waals surface area contributed by atoms with Crippen molar-refractivity contribution in [2.45, 2.75) is 13.8 Å². The summed E-state index contributed by atoms with van der Waals surface area (Å²) < 4.78 is 1.51. The number of aryl methyl sites for hydroxylation is 1. The Bertz CT molecular complexity index is 559. The third-order valence-corrected chi connectivity index (χ3v) is 4.45. The summed E-state index contributed by atoms with van der Waals surface area (Å²) in [6.45, 7) is 4.35. The Morgan fingerprint density at radius 2 is 1.74 bits per heavy atom. The number of carbonyl (C=O) groups excluding carboxylic acids is 1. The molecule has 0 unspecified atom stereocenters. The summed E-state index contributed by atoms with van der Waals surface area (Å²) in [6.07, 6.45) is 0.